The molecule has 0 amide bonds. The van der Waals surface area contributed by atoms with Gasteiger partial charge in [-0.15, -0.1) is 0 Å². The number of allylic oxidation sites excluding steroid dienone is 2. The molecule has 3 rings (SSSR count). The normalized spacial score (nSPS) is 24.9. The number of fused-ring (bicyclic) bond motifs is 2. The summed E-state index contributed by atoms with van der Waals surface area (Å²) in [6.45, 7) is -3.25. The van der Waals surface area contributed by atoms with Crippen molar-refractivity contribution in [2.45, 2.75) is 19.5 Å². The van der Waals surface area contributed by atoms with Crippen molar-refractivity contribution in [2.75, 3.05) is 6.61 Å². The van der Waals surface area contributed by atoms with Crippen molar-refractivity contribution in [1.82, 2.24) is 0 Å². The van der Waals surface area contributed by atoms with E-state index in [1.54, 1.807) is 0 Å². The molecule has 0 unspecified atom stereocenters. The van der Waals surface area contributed by atoms with Gasteiger partial charge in [0.2, 0.25) is 0 Å². The Balaban J connectivity index is 1.51. The number of hydrogen-bond acceptors (Lipinski definition) is 4. The number of rotatable bonds is 6. The molecule has 0 aromatic heterocycles. The summed E-state index contributed by atoms with van der Waals surface area (Å²) in [6.07, 6.45) is 5.94. The summed E-state index contributed by atoms with van der Waals surface area (Å²) in [5, 5.41) is 0. The van der Waals surface area contributed by atoms with Crippen LogP contribution in [0.1, 0.15) is 23.2 Å². The van der Waals surface area contributed by atoms with Crippen LogP contribution in [-0.2, 0) is 9.53 Å². The summed E-state index contributed by atoms with van der Waals surface area (Å²) < 4.78 is 33.4. The number of ketones is 1. The van der Waals surface area contributed by atoms with Crippen molar-refractivity contribution < 1.29 is 27.8 Å². The topological polar surface area (TPSA) is 52.6 Å². The Morgan fingerprint density at radius 2 is 1.87 bits per heavy atom. The van der Waals surface area contributed by atoms with Crippen LogP contribution in [0.3, 0.4) is 0 Å². The first-order valence-electron chi connectivity index (χ1n) is 7.46. The summed E-state index contributed by atoms with van der Waals surface area (Å²) in [7, 11) is 0. The van der Waals surface area contributed by atoms with E-state index >= 15 is 0 Å². The van der Waals surface area contributed by atoms with Crippen LogP contribution in [0.2, 0.25) is 0 Å². The third kappa shape index (κ3) is 3.57. The average Bonchev–Trinajstić information content (AvgIpc) is 3.15. The second-order valence-corrected chi connectivity index (χ2v) is 5.82. The summed E-state index contributed by atoms with van der Waals surface area (Å²) >= 11 is 0. The van der Waals surface area contributed by atoms with Gasteiger partial charge in [0, 0.05) is 5.56 Å². The van der Waals surface area contributed by atoms with Gasteiger partial charge in [-0.3, -0.25) is 9.59 Å². The van der Waals surface area contributed by atoms with Crippen molar-refractivity contribution in [3.8, 4) is 5.75 Å². The number of hydrogen-bond donors (Lipinski definition) is 0. The molecule has 2 aliphatic carbocycles. The van der Waals surface area contributed by atoms with Crippen molar-refractivity contribution in [3.63, 3.8) is 0 Å². The number of Topliss-reactive ketones (excluding diaryl/α,β-unsaturated/α-hetero) is 1. The first-order chi connectivity index (χ1) is 11.0. The van der Waals surface area contributed by atoms with E-state index in [-0.39, 0.29) is 41.5 Å². The standard InChI is InChI=1S/C17H16F2O4/c18-17(19)23-13-5-3-11(4-6-13)15(20)9-22-16(21)14-8-10-1-2-12(14)7-10/h1-6,10,12,14,17H,7-9H2/t10-,12+,14+/m1/s1. The Bertz CT molecular complexity index is 624. The molecule has 1 saturated carbocycles. The second-order valence-electron chi connectivity index (χ2n) is 5.82. The number of halogens is 2. The molecule has 2 aliphatic rings. The van der Waals surface area contributed by atoms with E-state index < -0.39 is 6.61 Å². The van der Waals surface area contributed by atoms with E-state index in [0.29, 0.717) is 5.92 Å². The van der Waals surface area contributed by atoms with Gasteiger partial charge in [-0.25, -0.2) is 0 Å². The fourth-order valence-electron chi connectivity index (χ4n) is 3.20. The largest absolute Gasteiger partial charge is 0.457 e. The highest BCUT2D eigenvalue weighted by molar-refractivity contribution is 5.98. The van der Waals surface area contributed by atoms with Crippen molar-refractivity contribution in [1.29, 1.82) is 0 Å². The van der Waals surface area contributed by atoms with Crippen LogP contribution in [0.25, 0.3) is 0 Å². The highest BCUT2D eigenvalue weighted by Gasteiger charge is 2.40. The van der Waals surface area contributed by atoms with Gasteiger partial charge >= 0.3 is 12.6 Å². The van der Waals surface area contributed by atoms with Gasteiger partial charge in [-0.2, -0.15) is 8.78 Å². The molecule has 0 heterocycles. The van der Waals surface area contributed by atoms with Crippen LogP contribution >= 0.6 is 0 Å². The van der Waals surface area contributed by atoms with Crippen LogP contribution in [0, 0.1) is 17.8 Å². The molecule has 2 bridgehead atoms. The lowest BCUT2D eigenvalue weighted by Gasteiger charge is -2.16. The van der Waals surface area contributed by atoms with Crippen molar-refractivity contribution in [2.24, 2.45) is 17.8 Å². The molecule has 4 nitrogen and oxygen atoms in total. The minimum Gasteiger partial charge on any atom is -0.457 e. The van der Waals surface area contributed by atoms with E-state index in [9.17, 15) is 18.4 Å². The predicted molar refractivity (Wildman–Crippen MR) is 77.2 cm³/mol. The number of ether oxygens (including phenoxy) is 2. The van der Waals surface area contributed by atoms with Crippen LogP contribution in [0.5, 0.6) is 5.75 Å². The summed E-state index contributed by atoms with van der Waals surface area (Å²) in [5.74, 6) is -0.209. The molecule has 0 N–H and O–H groups in total. The zero-order valence-corrected chi connectivity index (χ0v) is 12.3. The lowest BCUT2D eigenvalue weighted by atomic mass is 9.94. The molecule has 3 atom stereocenters. The number of esters is 1. The fraction of sp³-hybridized carbons (Fsp3) is 0.412. The molecule has 0 saturated heterocycles. The van der Waals surface area contributed by atoms with E-state index in [2.05, 4.69) is 10.8 Å². The zero-order chi connectivity index (χ0) is 16.4. The van der Waals surface area contributed by atoms with Gasteiger partial charge in [0.05, 0.1) is 5.92 Å². The van der Waals surface area contributed by atoms with Gasteiger partial charge < -0.3 is 9.47 Å². The molecule has 122 valence electrons. The molecule has 23 heavy (non-hydrogen) atoms. The van der Waals surface area contributed by atoms with Crippen LogP contribution in [0.15, 0.2) is 36.4 Å². The molecule has 1 aromatic carbocycles. The van der Waals surface area contributed by atoms with Gasteiger partial charge in [0.1, 0.15) is 5.75 Å². The Hall–Kier alpha value is -2.24. The Morgan fingerprint density at radius 3 is 2.43 bits per heavy atom. The number of alkyl halides is 2. The highest BCUT2D eigenvalue weighted by Crippen LogP contribution is 2.43. The number of carbonyl (C=O) groups excluding carboxylic acids is 2. The van der Waals surface area contributed by atoms with Crippen LogP contribution in [-0.4, -0.2) is 25.0 Å². The third-order valence-electron chi connectivity index (χ3n) is 4.33. The fourth-order valence-corrected chi connectivity index (χ4v) is 3.20. The Labute approximate surface area is 132 Å². The van der Waals surface area contributed by atoms with Crippen LogP contribution in [0.4, 0.5) is 8.78 Å². The number of carbonyl (C=O) groups is 2. The van der Waals surface area contributed by atoms with Crippen molar-refractivity contribution in [3.05, 3.63) is 42.0 Å². The van der Waals surface area contributed by atoms with E-state index in [1.165, 1.54) is 24.3 Å². The average molecular weight is 322 g/mol. The minimum absolute atomic E-state index is 0.0256. The zero-order valence-electron chi connectivity index (χ0n) is 12.3. The molecule has 0 radical (unpaired) electrons. The maximum atomic E-state index is 12.0. The molecular weight excluding hydrogens is 306 g/mol. The lowest BCUT2D eigenvalue weighted by molar-refractivity contribution is -0.148. The van der Waals surface area contributed by atoms with Gasteiger partial charge in [0.25, 0.3) is 0 Å². The first-order valence-corrected chi connectivity index (χ1v) is 7.46. The minimum atomic E-state index is -2.91. The molecular formula is C17H16F2O4. The van der Waals surface area contributed by atoms with E-state index in [1.807, 2.05) is 6.08 Å². The second kappa shape index (κ2) is 6.48. The predicted octanol–water partition coefficient (Wildman–Crippen LogP) is 3.23. The summed E-state index contributed by atoms with van der Waals surface area (Å²) in [6, 6.07) is 5.30. The molecule has 0 aliphatic heterocycles. The highest BCUT2D eigenvalue weighted by atomic mass is 19.3. The smallest absolute Gasteiger partial charge is 0.387 e. The van der Waals surface area contributed by atoms with Gasteiger partial charge in [-0.1, -0.05) is 12.2 Å². The third-order valence-corrected chi connectivity index (χ3v) is 4.33. The number of benzene rings is 1. The SMILES string of the molecule is O=C(COC(=O)[C@H]1C[C@@H]2C=C[C@H]1C2)c1ccc(OC(F)F)cc1. The first kappa shape index (κ1) is 15.6. The summed E-state index contributed by atoms with van der Waals surface area (Å²) in [4.78, 5) is 24.0. The maximum absolute atomic E-state index is 12.0. The molecule has 6 heteroatoms. The molecule has 1 aromatic rings. The molecule has 0 spiro atoms. The molecule has 1 fully saturated rings. The van der Waals surface area contributed by atoms with Crippen molar-refractivity contribution >= 4 is 11.8 Å². The Morgan fingerprint density at radius 1 is 1.13 bits per heavy atom. The van der Waals surface area contributed by atoms with Gasteiger partial charge in [0.15, 0.2) is 12.4 Å². The van der Waals surface area contributed by atoms with Crippen LogP contribution < -0.4 is 4.74 Å². The Kier molecular flexibility index (Phi) is 4.41. The lowest BCUT2D eigenvalue weighted by Crippen LogP contribution is -2.24. The quantitative estimate of drug-likeness (QED) is 0.458. The maximum Gasteiger partial charge on any atom is 0.387 e. The van der Waals surface area contributed by atoms with E-state index in [0.717, 1.165) is 12.8 Å². The summed E-state index contributed by atoms with van der Waals surface area (Å²) in [5.41, 5.74) is 0.284. The van der Waals surface area contributed by atoms with E-state index in [4.69, 9.17) is 4.74 Å². The monoisotopic (exact) mass is 322 g/mol. The van der Waals surface area contributed by atoms with Gasteiger partial charge in [-0.05, 0) is 48.9 Å².